The summed E-state index contributed by atoms with van der Waals surface area (Å²) in [6.45, 7) is 9.43. The standard InChI is InChI=1S/C19H32O/c1-5-9-17(19(2,3)4)11-8-6-7-10-16-12-14-18(20)15-13-16/h12-15,17,20H,5-11H2,1-4H3. The molecule has 0 spiro atoms. The van der Waals surface area contributed by atoms with E-state index in [1.54, 1.807) is 12.1 Å². The van der Waals surface area contributed by atoms with Crippen LogP contribution in [0.2, 0.25) is 0 Å². The van der Waals surface area contributed by atoms with Crippen LogP contribution in [0.1, 0.15) is 71.8 Å². The molecule has 1 aromatic carbocycles. The quantitative estimate of drug-likeness (QED) is 0.581. The largest absolute Gasteiger partial charge is 0.508 e. The van der Waals surface area contributed by atoms with E-state index in [4.69, 9.17) is 0 Å². The summed E-state index contributed by atoms with van der Waals surface area (Å²) in [7, 11) is 0. The minimum Gasteiger partial charge on any atom is -0.508 e. The fourth-order valence-electron chi connectivity index (χ4n) is 2.92. The van der Waals surface area contributed by atoms with E-state index in [2.05, 4.69) is 27.7 Å². The highest BCUT2D eigenvalue weighted by Crippen LogP contribution is 2.33. The predicted octanol–water partition coefficient (Wildman–Crippen LogP) is 5.96. The van der Waals surface area contributed by atoms with Gasteiger partial charge in [0, 0.05) is 0 Å². The van der Waals surface area contributed by atoms with Gasteiger partial charge in [-0.15, -0.1) is 0 Å². The van der Waals surface area contributed by atoms with Crippen LogP contribution in [-0.4, -0.2) is 5.11 Å². The second kappa shape index (κ2) is 8.34. The molecule has 1 rings (SSSR count). The molecule has 1 heteroatoms. The molecule has 20 heavy (non-hydrogen) atoms. The fraction of sp³-hybridized carbons (Fsp3) is 0.684. The molecule has 0 radical (unpaired) electrons. The smallest absolute Gasteiger partial charge is 0.115 e. The molecule has 0 aliphatic carbocycles. The average molecular weight is 276 g/mol. The van der Waals surface area contributed by atoms with Crippen LogP contribution in [0, 0.1) is 11.3 Å². The summed E-state index contributed by atoms with van der Waals surface area (Å²) in [6.07, 6.45) is 9.09. The first-order valence-corrected chi connectivity index (χ1v) is 8.21. The molecule has 0 bridgehead atoms. The highest BCUT2D eigenvalue weighted by Gasteiger charge is 2.22. The van der Waals surface area contributed by atoms with E-state index in [1.165, 1.54) is 44.1 Å². The van der Waals surface area contributed by atoms with Crippen molar-refractivity contribution in [2.24, 2.45) is 11.3 Å². The van der Waals surface area contributed by atoms with Crippen LogP contribution in [0.15, 0.2) is 24.3 Å². The Morgan fingerprint density at radius 1 is 0.950 bits per heavy atom. The van der Waals surface area contributed by atoms with E-state index in [-0.39, 0.29) is 0 Å². The second-order valence-corrected chi connectivity index (χ2v) is 7.12. The lowest BCUT2D eigenvalue weighted by molar-refractivity contribution is 0.205. The van der Waals surface area contributed by atoms with E-state index in [0.29, 0.717) is 11.2 Å². The van der Waals surface area contributed by atoms with Gasteiger partial charge in [-0.25, -0.2) is 0 Å². The zero-order valence-corrected chi connectivity index (χ0v) is 13.8. The third-order valence-corrected chi connectivity index (χ3v) is 4.32. The number of phenolic OH excluding ortho intramolecular Hbond substituents is 1. The monoisotopic (exact) mass is 276 g/mol. The summed E-state index contributed by atoms with van der Waals surface area (Å²) < 4.78 is 0. The average Bonchev–Trinajstić information content (AvgIpc) is 2.38. The first-order chi connectivity index (χ1) is 9.43. The van der Waals surface area contributed by atoms with Crippen LogP contribution in [0.5, 0.6) is 5.75 Å². The predicted molar refractivity (Wildman–Crippen MR) is 88.1 cm³/mol. The highest BCUT2D eigenvalue weighted by atomic mass is 16.3. The van der Waals surface area contributed by atoms with Gasteiger partial charge >= 0.3 is 0 Å². The summed E-state index contributed by atoms with van der Waals surface area (Å²) in [4.78, 5) is 0. The molecule has 0 aromatic heterocycles. The number of aryl methyl sites for hydroxylation is 1. The van der Waals surface area contributed by atoms with Gasteiger partial charge in [0.2, 0.25) is 0 Å². The van der Waals surface area contributed by atoms with E-state index >= 15 is 0 Å². The van der Waals surface area contributed by atoms with Crippen molar-refractivity contribution in [1.82, 2.24) is 0 Å². The van der Waals surface area contributed by atoms with Crippen molar-refractivity contribution < 1.29 is 5.11 Å². The molecule has 1 unspecified atom stereocenters. The molecule has 0 saturated carbocycles. The molecule has 0 heterocycles. The van der Waals surface area contributed by atoms with Gasteiger partial charge in [-0.05, 0) is 48.3 Å². The molecule has 0 fully saturated rings. The van der Waals surface area contributed by atoms with Gasteiger partial charge in [0.15, 0.2) is 0 Å². The van der Waals surface area contributed by atoms with Crippen LogP contribution < -0.4 is 0 Å². The number of unbranched alkanes of at least 4 members (excludes halogenated alkanes) is 2. The molecule has 114 valence electrons. The molecule has 1 aromatic rings. The van der Waals surface area contributed by atoms with Gasteiger partial charge in [-0.3, -0.25) is 0 Å². The van der Waals surface area contributed by atoms with Crippen LogP contribution in [-0.2, 0) is 6.42 Å². The molecule has 0 aliphatic rings. The Labute approximate surface area is 125 Å². The minimum atomic E-state index is 0.362. The third kappa shape index (κ3) is 6.45. The third-order valence-electron chi connectivity index (χ3n) is 4.32. The zero-order valence-electron chi connectivity index (χ0n) is 13.8. The lowest BCUT2D eigenvalue weighted by Gasteiger charge is -2.30. The maximum Gasteiger partial charge on any atom is 0.115 e. The van der Waals surface area contributed by atoms with Crippen molar-refractivity contribution in [2.45, 2.75) is 72.6 Å². The Hall–Kier alpha value is -0.980. The Morgan fingerprint density at radius 2 is 1.60 bits per heavy atom. The lowest BCUT2D eigenvalue weighted by Crippen LogP contribution is -2.20. The van der Waals surface area contributed by atoms with Gasteiger partial charge in [0.05, 0.1) is 0 Å². The van der Waals surface area contributed by atoms with Gasteiger partial charge in [0.1, 0.15) is 5.75 Å². The summed E-state index contributed by atoms with van der Waals surface area (Å²) in [5.41, 5.74) is 1.79. The van der Waals surface area contributed by atoms with Crippen molar-refractivity contribution in [2.75, 3.05) is 0 Å². The Kier molecular flexibility index (Phi) is 7.12. The number of hydrogen-bond donors (Lipinski definition) is 1. The van der Waals surface area contributed by atoms with E-state index < -0.39 is 0 Å². The first kappa shape index (κ1) is 17.1. The molecule has 1 nitrogen and oxygen atoms in total. The molecular formula is C19H32O. The Bertz CT molecular complexity index is 358. The SMILES string of the molecule is CCCC(CCCCCc1ccc(O)cc1)C(C)(C)C. The van der Waals surface area contributed by atoms with Crippen molar-refractivity contribution in [1.29, 1.82) is 0 Å². The number of hydrogen-bond acceptors (Lipinski definition) is 1. The van der Waals surface area contributed by atoms with Crippen LogP contribution in [0.4, 0.5) is 0 Å². The summed E-state index contributed by atoms with van der Waals surface area (Å²) >= 11 is 0. The summed E-state index contributed by atoms with van der Waals surface area (Å²) in [5.74, 6) is 1.22. The van der Waals surface area contributed by atoms with E-state index in [1.807, 2.05) is 12.1 Å². The van der Waals surface area contributed by atoms with E-state index in [0.717, 1.165) is 12.3 Å². The number of benzene rings is 1. The lowest BCUT2D eigenvalue weighted by atomic mass is 9.75. The van der Waals surface area contributed by atoms with Crippen LogP contribution in [0.25, 0.3) is 0 Å². The summed E-state index contributed by atoms with van der Waals surface area (Å²) in [6, 6.07) is 7.63. The van der Waals surface area contributed by atoms with Crippen molar-refractivity contribution >= 4 is 0 Å². The van der Waals surface area contributed by atoms with Crippen molar-refractivity contribution in [3.63, 3.8) is 0 Å². The molecule has 0 amide bonds. The Morgan fingerprint density at radius 3 is 2.15 bits per heavy atom. The molecular weight excluding hydrogens is 244 g/mol. The minimum absolute atomic E-state index is 0.362. The number of rotatable bonds is 8. The normalized spacial score (nSPS) is 13.4. The van der Waals surface area contributed by atoms with Crippen LogP contribution in [0.3, 0.4) is 0 Å². The van der Waals surface area contributed by atoms with Gasteiger partial charge in [-0.1, -0.05) is 65.5 Å². The van der Waals surface area contributed by atoms with Crippen molar-refractivity contribution in [3.05, 3.63) is 29.8 Å². The van der Waals surface area contributed by atoms with E-state index in [9.17, 15) is 5.11 Å². The maximum absolute atomic E-state index is 9.25. The number of aromatic hydroxyl groups is 1. The van der Waals surface area contributed by atoms with Gasteiger partial charge < -0.3 is 5.11 Å². The van der Waals surface area contributed by atoms with Gasteiger partial charge in [0.25, 0.3) is 0 Å². The summed E-state index contributed by atoms with van der Waals surface area (Å²) in [5, 5.41) is 9.25. The zero-order chi connectivity index (χ0) is 15.0. The molecule has 0 aliphatic heterocycles. The fourth-order valence-corrected chi connectivity index (χ4v) is 2.92. The topological polar surface area (TPSA) is 20.2 Å². The Balaban J connectivity index is 2.22. The van der Waals surface area contributed by atoms with Gasteiger partial charge in [-0.2, -0.15) is 0 Å². The maximum atomic E-state index is 9.25. The number of phenols is 1. The molecule has 1 atom stereocenters. The van der Waals surface area contributed by atoms with Crippen molar-refractivity contribution in [3.8, 4) is 5.75 Å². The molecule has 1 N–H and O–H groups in total. The second-order valence-electron chi connectivity index (χ2n) is 7.12. The van der Waals surface area contributed by atoms with Crippen LogP contribution >= 0.6 is 0 Å². The first-order valence-electron chi connectivity index (χ1n) is 8.21. The highest BCUT2D eigenvalue weighted by molar-refractivity contribution is 5.25. The molecule has 0 saturated heterocycles.